The number of rotatable bonds is 12. The number of unbranched alkanes of at least 4 members (excludes halogenated alkanes) is 2. The fraction of sp³-hybridized carbons (Fsp3) is 0.754. The number of fused-ring (bicyclic) bond motifs is 2. The minimum absolute atomic E-state index is 0.0572. The number of nitrogens with one attached hydrogen (secondary N) is 2. The number of hydrogen-bond acceptors (Lipinski definition) is 17. The minimum Gasteiger partial charge on any atom is -0.481 e. The summed E-state index contributed by atoms with van der Waals surface area (Å²) in [5, 5.41) is 127. The lowest BCUT2D eigenvalue weighted by Crippen LogP contribution is -2.60. The van der Waals surface area contributed by atoms with E-state index >= 15 is 0 Å². The van der Waals surface area contributed by atoms with Crippen molar-refractivity contribution in [2.75, 3.05) is 20.6 Å². The van der Waals surface area contributed by atoms with Crippen molar-refractivity contribution in [2.45, 2.75) is 217 Å². The van der Waals surface area contributed by atoms with Crippen LogP contribution in [0.5, 0.6) is 0 Å². The predicted octanol–water partition coefficient (Wildman–Crippen LogP) is 3.49. The number of carboxylic acids is 1. The third kappa shape index (κ3) is 25.3. The number of allylic oxidation sites excluding steroid dienone is 6. The molecule has 2 heterocycles. The van der Waals surface area contributed by atoms with E-state index in [1.165, 1.54) is 12.2 Å². The Morgan fingerprint density at radius 2 is 1.45 bits per heavy atom. The molecule has 0 amide bonds. The number of ether oxygens (including phenoxy) is 3. The van der Waals surface area contributed by atoms with Crippen molar-refractivity contribution in [1.82, 2.24) is 10.6 Å². The molecule has 1 fully saturated rings. The SMILES string of the molecule is CN=C(NC)NCCC/C=C/CCCC(C)C1OC(=O)/C=C/C=C/C(C)C(O)CC(O)C(C)C(O)CCC(C)C(O)CC2(O)OC(CC(OC(=O)CC(=O)O)CC(O)CC(O)C(C)C(O)/C(C)=C/C=C/C1C)CC(O)C2O. The summed E-state index contributed by atoms with van der Waals surface area (Å²) >= 11 is 0. The van der Waals surface area contributed by atoms with Gasteiger partial charge in [0.25, 0.3) is 0 Å². The van der Waals surface area contributed by atoms with Gasteiger partial charge in [-0.1, -0.05) is 90.2 Å². The van der Waals surface area contributed by atoms with E-state index in [0.29, 0.717) is 5.57 Å². The van der Waals surface area contributed by atoms with Gasteiger partial charge in [0.1, 0.15) is 24.7 Å². The Kier molecular flexibility index (Phi) is 31.9. The summed E-state index contributed by atoms with van der Waals surface area (Å²) in [6.07, 6.45) is 2.50. The Labute approximate surface area is 456 Å². The summed E-state index contributed by atoms with van der Waals surface area (Å²) in [6.45, 7) is 13.0. The largest absolute Gasteiger partial charge is 0.481 e. The number of guanidine groups is 1. The van der Waals surface area contributed by atoms with Crippen LogP contribution in [0.25, 0.3) is 0 Å². The molecule has 0 radical (unpaired) electrons. The van der Waals surface area contributed by atoms with Gasteiger partial charge < -0.3 is 81.0 Å². The van der Waals surface area contributed by atoms with Gasteiger partial charge in [0.05, 0.1) is 54.9 Å². The Balaban J connectivity index is 2.43. The van der Waals surface area contributed by atoms with Crippen LogP contribution in [-0.4, -0.2) is 180 Å². The van der Waals surface area contributed by atoms with Crippen molar-refractivity contribution < 1.29 is 84.8 Å². The molecule has 2 rings (SSSR count). The van der Waals surface area contributed by atoms with E-state index in [-0.39, 0.29) is 56.8 Å². The molecule has 19 unspecified atom stereocenters. The number of carbonyl (C=O) groups is 3. The first-order valence-electron chi connectivity index (χ1n) is 27.6. The summed E-state index contributed by atoms with van der Waals surface area (Å²) < 4.78 is 17.4. The summed E-state index contributed by atoms with van der Waals surface area (Å²) in [6, 6.07) is 0. The van der Waals surface area contributed by atoms with Crippen LogP contribution in [0.3, 0.4) is 0 Å². The quantitative estimate of drug-likeness (QED) is 0.0332. The highest BCUT2D eigenvalue weighted by molar-refractivity contribution is 5.90. The van der Waals surface area contributed by atoms with E-state index in [9.17, 15) is 70.6 Å². The molecule has 2 aliphatic heterocycles. The number of carboxylic acid groups (broad SMARTS) is 1. The highest BCUT2D eigenvalue weighted by Gasteiger charge is 2.50. The molecule has 0 spiro atoms. The molecule has 13 N–H and O–H groups in total. The van der Waals surface area contributed by atoms with Crippen molar-refractivity contribution in [2.24, 2.45) is 40.5 Å². The molecule has 0 aromatic heterocycles. The van der Waals surface area contributed by atoms with Crippen molar-refractivity contribution in [3.8, 4) is 0 Å². The van der Waals surface area contributed by atoms with Crippen LogP contribution in [0.1, 0.15) is 138 Å². The second kappa shape index (κ2) is 35.5. The molecule has 20 nitrogen and oxygen atoms in total. The standard InChI is InChI=1S/C57H97N3O17/c1-34-19-15-16-23-51(70)76-54(37(4)20-14-12-10-11-13-17-26-60-56(58-8)59-9)38(5)22-18-21-36(3)53(72)40(7)46(64)28-41(61)27-42(75-52(71)32-50(68)69)29-43-30-48(66)55(73)57(74,77-43)33-49(67)35(2)24-25-44(62)39(6)47(65)31-45(34)63/h10-11,15-16,18-19,21-23,34-35,37-49,53-55,61-67,72-74H,12-14,17,20,24-33H2,1-9H3,(H,68,69)(H2,58,59,60)/b11-10+,19-15+,22-18+,23-16+,36-21+. The normalized spacial score (nSPS) is 38.2. The lowest BCUT2D eigenvalue weighted by Gasteiger charge is -2.45. The monoisotopic (exact) mass is 1100 g/mol. The second-order valence-electron chi connectivity index (χ2n) is 21.8. The number of aliphatic hydroxyl groups is 10. The van der Waals surface area contributed by atoms with Crippen molar-refractivity contribution >= 4 is 23.9 Å². The number of cyclic esters (lactones) is 1. The van der Waals surface area contributed by atoms with Gasteiger partial charge in [-0.05, 0) is 75.7 Å². The summed E-state index contributed by atoms with van der Waals surface area (Å²) in [7, 11) is 3.53. The lowest BCUT2D eigenvalue weighted by atomic mass is 9.83. The van der Waals surface area contributed by atoms with E-state index in [0.717, 1.165) is 44.6 Å². The van der Waals surface area contributed by atoms with Gasteiger partial charge >= 0.3 is 17.9 Å². The Morgan fingerprint density at radius 1 is 0.805 bits per heavy atom. The molecular weight excluding hydrogens is 999 g/mol. The molecule has 20 heteroatoms. The van der Waals surface area contributed by atoms with Crippen LogP contribution in [0, 0.1) is 35.5 Å². The fourth-order valence-electron chi connectivity index (χ4n) is 9.77. The summed E-state index contributed by atoms with van der Waals surface area (Å²) in [5.74, 6) is -7.92. The average Bonchev–Trinajstić information content (AvgIpc) is 3.36. The van der Waals surface area contributed by atoms with Crippen LogP contribution in [0.2, 0.25) is 0 Å². The zero-order chi connectivity index (χ0) is 58.0. The van der Waals surface area contributed by atoms with E-state index in [1.54, 1.807) is 66.0 Å². The van der Waals surface area contributed by atoms with E-state index < -0.39 is 133 Å². The van der Waals surface area contributed by atoms with Crippen LogP contribution >= 0.6 is 0 Å². The number of hydrogen-bond donors (Lipinski definition) is 13. The van der Waals surface area contributed by atoms with E-state index in [4.69, 9.17) is 14.2 Å². The highest BCUT2D eigenvalue weighted by atomic mass is 16.7. The maximum atomic E-state index is 13.3. The number of esters is 2. The smallest absolute Gasteiger partial charge is 0.331 e. The molecule has 77 heavy (non-hydrogen) atoms. The van der Waals surface area contributed by atoms with Crippen LogP contribution < -0.4 is 10.6 Å². The minimum atomic E-state index is -2.53. The number of aliphatic hydroxyl groups excluding tert-OH is 9. The molecule has 2 aliphatic rings. The van der Waals surface area contributed by atoms with Crippen molar-refractivity contribution in [3.05, 3.63) is 60.3 Å². The van der Waals surface area contributed by atoms with Crippen LogP contribution in [-0.2, 0) is 28.6 Å². The maximum Gasteiger partial charge on any atom is 0.331 e. The van der Waals surface area contributed by atoms with Crippen molar-refractivity contribution in [1.29, 1.82) is 0 Å². The first kappa shape index (κ1) is 69.0. The van der Waals surface area contributed by atoms with Crippen LogP contribution in [0.15, 0.2) is 65.2 Å². The van der Waals surface area contributed by atoms with Gasteiger partial charge in [-0.25, -0.2) is 4.79 Å². The summed E-state index contributed by atoms with van der Waals surface area (Å²) in [5.41, 5.74) is 0.482. The first-order valence-corrected chi connectivity index (χ1v) is 27.6. The first-order chi connectivity index (χ1) is 36.2. The zero-order valence-corrected chi connectivity index (χ0v) is 47.0. The van der Waals surface area contributed by atoms with Gasteiger partial charge in [-0.2, -0.15) is 0 Å². The Morgan fingerprint density at radius 3 is 2.10 bits per heavy atom. The van der Waals surface area contributed by atoms with Gasteiger partial charge in [0, 0.05) is 82.5 Å². The fourth-order valence-corrected chi connectivity index (χ4v) is 9.77. The average molecular weight is 1100 g/mol. The number of carbonyl (C=O) groups excluding carboxylic acids is 2. The van der Waals surface area contributed by atoms with Gasteiger partial charge in [-0.3, -0.25) is 14.6 Å². The number of nitrogens with zero attached hydrogens (tertiary/aromatic N) is 1. The molecule has 442 valence electrons. The zero-order valence-electron chi connectivity index (χ0n) is 47.0. The van der Waals surface area contributed by atoms with Gasteiger partial charge in [-0.15, -0.1) is 0 Å². The number of aliphatic carboxylic acids is 1. The molecule has 0 aliphatic carbocycles. The van der Waals surface area contributed by atoms with E-state index in [1.807, 2.05) is 27.0 Å². The maximum absolute atomic E-state index is 13.3. The molecular formula is C57H97N3O17. The summed E-state index contributed by atoms with van der Waals surface area (Å²) in [4.78, 5) is 41.5. The Bertz CT molecular complexity index is 1930. The highest BCUT2D eigenvalue weighted by Crippen LogP contribution is 2.36. The topological polar surface area (TPSA) is 338 Å². The molecule has 0 saturated carbocycles. The lowest BCUT2D eigenvalue weighted by molar-refractivity contribution is -0.333. The predicted molar refractivity (Wildman–Crippen MR) is 292 cm³/mol. The number of aliphatic imine (C=N–C) groups is 1. The Hall–Kier alpha value is -4.06. The second-order valence-corrected chi connectivity index (χ2v) is 21.8. The third-order valence-corrected chi connectivity index (χ3v) is 15.2. The molecule has 2 bridgehead atoms. The van der Waals surface area contributed by atoms with Gasteiger partial charge in [0.2, 0.25) is 0 Å². The molecule has 0 aromatic carbocycles. The third-order valence-electron chi connectivity index (χ3n) is 15.2. The molecule has 1 saturated heterocycles. The molecule has 0 aromatic rings. The van der Waals surface area contributed by atoms with Crippen LogP contribution in [0.4, 0.5) is 0 Å². The van der Waals surface area contributed by atoms with Gasteiger partial charge in [0.15, 0.2) is 11.7 Å². The van der Waals surface area contributed by atoms with E-state index in [2.05, 4.69) is 27.8 Å². The van der Waals surface area contributed by atoms with Crippen molar-refractivity contribution in [3.63, 3.8) is 0 Å². The molecule has 19 atom stereocenters.